The minimum absolute atomic E-state index is 0.157. The van der Waals surface area contributed by atoms with Crippen molar-refractivity contribution in [2.45, 2.75) is 0 Å². The number of ketones is 1. The Morgan fingerprint density at radius 1 is 1.15 bits per heavy atom. The summed E-state index contributed by atoms with van der Waals surface area (Å²) in [6.07, 6.45) is 0. The van der Waals surface area contributed by atoms with Gasteiger partial charge in [-0.3, -0.25) is 4.79 Å². The van der Waals surface area contributed by atoms with Crippen LogP contribution in [-0.4, -0.2) is 12.9 Å². The monoisotopic (exact) mass is 310 g/mol. The van der Waals surface area contributed by atoms with Crippen molar-refractivity contribution >= 4 is 34.8 Å². The molecule has 6 heteroatoms. The fourth-order valence-electron chi connectivity index (χ4n) is 1.75. The van der Waals surface area contributed by atoms with Gasteiger partial charge in [0.2, 0.25) is 0 Å². The van der Waals surface area contributed by atoms with Crippen LogP contribution >= 0.6 is 23.4 Å². The highest BCUT2D eigenvalue weighted by Gasteiger charge is 2.15. The van der Waals surface area contributed by atoms with Crippen molar-refractivity contribution in [1.29, 1.82) is 0 Å². The first-order valence-electron chi connectivity index (χ1n) is 5.75. The number of hydrogen-bond acceptors (Lipinski definition) is 4. The number of rotatable bonds is 5. The van der Waals surface area contributed by atoms with Gasteiger partial charge in [-0.2, -0.15) is 0 Å². The molecule has 2 N–H and O–H groups in total. The molecule has 0 atom stereocenters. The summed E-state index contributed by atoms with van der Waals surface area (Å²) >= 11 is 11.3. The number of hydrazine groups is 1. The molecular weight excluding hydrogens is 299 g/mol. The highest BCUT2D eigenvalue weighted by Crippen LogP contribution is 2.25. The van der Waals surface area contributed by atoms with Gasteiger partial charge in [0.1, 0.15) is 5.75 Å². The van der Waals surface area contributed by atoms with Crippen molar-refractivity contribution in [3.63, 3.8) is 0 Å². The number of carbonyl (C=O) groups excluding carboxylic acids is 1. The molecule has 0 aliphatic rings. The van der Waals surface area contributed by atoms with E-state index in [9.17, 15) is 4.79 Å². The number of benzene rings is 2. The molecule has 20 heavy (non-hydrogen) atoms. The lowest BCUT2D eigenvalue weighted by molar-refractivity contribution is 0.103. The molecule has 0 saturated carbocycles. The lowest BCUT2D eigenvalue weighted by Crippen LogP contribution is -2.13. The summed E-state index contributed by atoms with van der Waals surface area (Å²) in [6, 6.07) is 11.8. The zero-order valence-electron chi connectivity index (χ0n) is 10.6. The quantitative estimate of drug-likeness (QED) is 0.503. The van der Waals surface area contributed by atoms with Crippen LogP contribution in [0.5, 0.6) is 5.75 Å². The first-order valence-corrected chi connectivity index (χ1v) is 6.51. The average molecular weight is 311 g/mol. The first kappa shape index (κ1) is 14.7. The fourth-order valence-corrected chi connectivity index (χ4v) is 1.98. The summed E-state index contributed by atoms with van der Waals surface area (Å²) < 4.78 is 5.14. The standard InChI is InChI=1S/C14H12Cl2N2O2/c1-20-11-6-7-13(17-18-16)12(8-11)14(19)9-2-4-10(15)5-3-9/h2-8,17-18H,1H3. The molecule has 0 radical (unpaired) electrons. The third-order valence-electron chi connectivity index (χ3n) is 2.76. The molecule has 0 saturated heterocycles. The van der Waals surface area contributed by atoms with Crippen molar-refractivity contribution in [3.05, 3.63) is 58.6 Å². The van der Waals surface area contributed by atoms with Gasteiger partial charge in [-0.25, -0.2) is 0 Å². The molecule has 0 bridgehead atoms. The van der Waals surface area contributed by atoms with Gasteiger partial charge in [0, 0.05) is 10.6 Å². The molecule has 0 heterocycles. The zero-order chi connectivity index (χ0) is 14.5. The van der Waals surface area contributed by atoms with E-state index in [1.54, 1.807) is 49.6 Å². The maximum absolute atomic E-state index is 12.5. The Hall–Kier alpha value is -1.75. The fraction of sp³-hybridized carbons (Fsp3) is 0.0714. The molecule has 0 fully saturated rings. The Morgan fingerprint density at radius 2 is 1.85 bits per heavy atom. The lowest BCUT2D eigenvalue weighted by atomic mass is 10.0. The molecule has 0 aliphatic heterocycles. The van der Waals surface area contributed by atoms with Crippen LogP contribution in [0, 0.1) is 0 Å². The highest BCUT2D eigenvalue weighted by atomic mass is 35.5. The maximum atomic E-state index is 12.5. The third kappa shape index (κ3) is 3.22. The van der Waals surface area contributed by atoms with Gasteiger partial charge in [-0.05, 0) is 54.2 Å². The van der Waals surface area contributed by atoms with Gasteiger partial charge in [-0.1, -0.05) is 11.6 Å². The zero-order valence-corrected chi connectivity index (χ0v) is 12.1. The Kier molecular flexibility index (Phi) is 4.84. The van der Waals surface area contributed by atoms with Gasteiger partial charge in [0.05, 0.1) is 18.4 Å². The smallest absolute Gasteiger partial charge is 0.195 e. The van der Waals surface area contributed by atoms with E-state index in [1.165, 1.54) is 0 Å². The number of halogens is 2. The van der Waals surface area contributed by atoms with Gasteiger partial charge in [0.15, 0.2) is 5.78 Å². The van der Waals surface area contributed by atoms with Gasteiger partial charge < -0.3 is 10.2 Å². The molecule has 4 nitrogen and oxygen atoms in total. The first-order chi connectivity index (χ1) is 9.65. The SMILES string of the molecule is COc1ccc(NNCl)c(C(=O)c2ccc(Cl)cc2)c1. The number of hydrogen-bond donors (Lipinski definition) is 2. The second kappa shape index (κ2) is 6.61. The van der Waals surface area contributed by atoms with Crippen molar-refractivity contribution in [1.82, 2.24) is 4.94 Å². The van der Waals surface area contributed by atoms with E-state index in [-0.39, 0.29) is 5.78 Å². The van der Waals surface area contributed by atoms with Gasteiger partial charge in [0.25, 0.3) is 0 Å². The van der Waals surface area contributed by atoms with Crippen LogP contribution in [0.2, 0.25) is 5.02 Å². The number of nitrogens with one attached hydrogen (secondary N) is 2. The van der Waals surface area contributed by atoms with Crippen LogP contribution in [0.15, 0.2) is 42.5 Å². The minimum Gasteiger partial charge on any atom is -0.497 e. The van der Waals surface area contributed by atoms with Crippen LogP contribution in [0.3, 0.4) is 0 Å². The largest absolute Gasteiger partial charge is 0.497 e. The maximum Gasteiger partial charge on any atom is 0.195 e. The van der Waals surface area contributed by atoms with E-state index in [2.05, 4.69) is 10.4 Å². The van der Waals surface area contributed by atoms with Crippen molar-refractivity contribution in [2.75, 3.05) is 12.5 Å². The molecule has 104 valence electrons. The van der Waals surface area contributed by atoms with Crippen LogP contribution in [0.1, 0.15) is 15.9 Å². The highest BCUT2D eigenvalue weighted by molar-refractivity contribution is 6.30. The Bertz CT molecular complexity index is 615. The van der Waals surface area contributed by atoms with Crippen LogP contribution in [0.4, 0.5) is 5.69 Å². The van der Waals surface area contributed by atoms with Gasteiger partial charge >= 0.3 is 0 Å². The summed E-state index contributed by atoms with van der Waals surface area (Å²) in [7, 11) is 1.54. The van der Waals surface area contributed by atoms with E-state index in [4.69, 9.17) is 28.1 Å². The topological polar surface area (TPSA) is 50.4 Å². The molecule has 0 spiro atoms. The molecule has 2 rings (SSSR count). The predicted octanol–water partition coefficient (Wildman–Crippen LogP) is 3.65. The summed E-state index contributed by atoms with van der Waals surface area (Å²) in [4.78, 5) is 14.8. The van der Waals surface area contributed by atoms with E-state index < -0.39 is 0 Å². The number of methoxy groups -OCH3 is 1. The third-order valence-corrected chi connectivity index (χ3v) is 3.11. The van der Waals surface area contributed by atoms with Crippen molar-refractivity contribution in [3.8, 4) is 5.75 Å². The Balaban J connectivity index is 2.43. The minimum atomic E-state index is -0.157. The summed E-state index contributed by atoms with van der Waals surface area (Å²) in [5.41, 5.74) is 4.23. The molecule has 0 unspecified atom stereocenters. The molecule has 2 aromatic rings. The second-order valence-corrected chi connectivity index (χ2v) is 4.59. The summed E-state index contributed by atoms with van der Waals surface area (Å²) in [5.74, 6) is 0.428. The number of anilines is 1. The van der Waals surface area contributed by atoms with Crippen LogP contribution < -0.4 is 15.1 Å². The summed E-state index contributed by atoms with van der Waals surface area (Å²) in [6.45, 7) is 0. The lowest BCUT2D eigenvalue weighted by Gasteiger charge is -2.11. The van der Waals surface area contributed by atoms with Crippen LogP contribution in [0.25, 0.3) is 0 Å². The average Bonchev–Trinajstić information content (AvgIpc) is 2.48. The van der Waals surface area contributed by atoms with E-state index in [0.29, 0.717) is 27.6 Å². The van der Waals surface area contributed by atoms with E-state index in [0.717, 1.165) is 0 Å². The molecule has 2 aromatic carbocycles. The van der Waals surface area contributed by atoms with Crippen LogP contribution in [-0.2, 0) is 0 Å². The summed E-state index contributed by atoms with van der Waals surface area (Å²) in [5, 5.41) is 0.577. The number of carbonyl (C=O) groups is 1. The van der Waals surface area contributed by atoms with Gasteiger partial charge in [-0.15, -0.1) is 4.94 Å². The molecular formula is C14H12Cl2N2O2. The molecule has 0 aromatic heterocycles. The van der Waals surface area contributed by atoms with Crippen molar-refractivity contribution in [2.24, 2.45) is 0 Å². The second-order valence-electron chi connectivity index (χ2n) is 3.97. The molecule has 0 amide bonds. The Labute approximate surface area is 126 Å². The van der Waals surface area contributed by atoms with E-state index >= 15 is 0 Å². The van der Waals surface area contributed by atoms with Crippen molar-refractivity contribution < 1.29 is 9.53 Å². The molecule has 0 aliphatic carbocycles. The predicted molar refractivity (Wildman–Crippen MR) is 80.5 cm³/mol. The van der Waals surface area contributed by atoms with E-state index in [1.807, 2.05) is 0 Å². The number of ether oxygens (including phenoxy) is 1. The Morgan fingerprint density at radius 3 is 2.45 bits per heavy atom. The normalized spacial score (nSPS) is 10.2.